The van der Waals surface area contributed by atoms with Crippen LogP contribution in [-0.4, -0.2) is 45.2 Å². The van der Waals surface area contributed by atoms with Gasteiger partial charge in [0.1, 0.15) is 6.54 Å². The van der Waals surface area contributed by atoms with Crippen LogP contribution >= 0.6 is 11.6 Å². The molecule has 6 nitrogen and oxygen atoms in total. The van der Waals surface area contributed by atoms with E-state index in [1.165, 1.54) is 17.0 Å². The molecule has 1 heterocycles. The quantitative estimate of drug-likeness (QED) is 0.873. The molecule has 0 aromatic carbocycles. The summed E-state index contributed by atoms with van der Waals surface area (Å²) in [4.78, 5) is 24.0. The van der Waals surface area contributed by atoms with E-state index in [1.807, 2.05) is 13.8 Å². The molecule has 1 rings (SSSR count). The van der Waals surface area contributed by atoms with Crippen LogP contribution in [0.1, 0.15) is 24.3 Å². The fourth-order valence-electron chi connectivity index (χ4n) is 1.42. The van der Waals surface area contributed by atoms with Crippen molar-refractivity contribution in [1.82, 2.24) is 15.1 Å². The Morgan fingerprint density at radius 1 is 1.39 bits per heavy atom. The molecule has 0 saturated heterocycles. The number of hydrogen-bond donors (Lipinski definition) is 1. The van der Waals surface area contributed by atoms with Crippen LogP contribution in [0.3, 0.4) is 0 Å². The maximum Gasteiger partial charge on any atom is 0.323 e. The van der Waals surface area contributed by atoms with Gasteiger partial charge in [-0.2, -0.15) is 0 Å². The molecular weight excluding hydrogens is 258 g/mol. The van der Waals surface area contributed by atoms with E-state index in [9.17, 15) is 9.59 Å². The first kappa shape index (κ1) is 14.4. The Hall–Kier alpha value is -1.69. The number of aromatic nitrogens is 2. The first-order valence-corrected chi connectivity index (χ1v) is 5.78. The molecule has 0 spiro atoms. The molecule has 0 aliphatic carbocycles. The van der Waals surface area contributed by atoms with E-state index in [4.69, 9.17) is 16.7 Å². The van der Waals surface area contributed by atoms with Crippen molar-refractivity contribution in [3.8, 4) is 0 Å². The highest BCUT2D eigenvalue weighted by molar-refractivity contribution is 6.29. The van der Waals surface area contributed by atoms with E-state index in [0.29, 0.717) is 6.54 Å². The Balaban J connectivity index is 2.87. The van der Waals surface area contributed by atoms with Crippen molar-refractivity contribution >= 4 is 23.5 Å². The number of aliphatic carboxylic acids is 1. The number of carboxylic acid groups (broad SMARTS) is 1. The fraction of sp³-hybridized carbons (Fsp3) is 0.455. The average Bonchev–Trinajstić information content (AvgIpc) is 2.27. The highest BCUT2D eigenvalue weighted by Gasteiger charge is 2.20. The second-order valence-electron chi connectivity index (χ2n) is 4.21. The maximum absolute atomic E-state index is 12.0. The summed E-state index contributed by atoms with van der Waals surface area (Å²) in [5.74, 6) is -1.37. The summed E-state index contributed by atoms with van der Waals surface area (Å²) in [5.41, 5.74) is 0.0845. The molecule has 1 amide bonds. The van der Waals surface area contributed by atoms with Crippen LogP contribution in [0.25, 0.3) is 0 Å². The monoisotopic (exact) mass is 271 g/mol. The third-order valence-corrected chi connectivity index (χ3v) is 2.25. The zero-order valence-corrected chi connectivity index (χ0v) is 10.9. The number of hydrogen-bond acceptors (Lipinski definition) is 4. The van der Waals surface area contributed by atoms with Gasteiger partial charge in [0, 0.05) is 6.54 Å². The number of rotatable bonds is 5. The first-order valence-electron chi connectivity index (χ1n) is 5.40. The number of nitrogens with zero attached hydrogens (tertiary/aromatic N) is 3. The predicted octanol–water partition coefficient (Wildman–Crippen LogP) is 1.31. The lowest BCUT2D eigenvalue weighted by atomic mass is 10.2. The van der Waals surface area contributed by atoms with Crippen LogP contribution in [0.15, 0.2) is 12.1 Å². The minimum absolute atomic E-state index is 0.0845. The Kier molecular flexibility index (Phi) is 5.03. The van der Waals surface area contributed by atoms with Crippen molar-refractivity contribution in [1.29, 1.82) is 0 Å². The van der Waals surface area contributed by atoms with E-state index >= 15 is 0 Å². The SMILES string of the molecule is CC(C)CN(CC(=O)O)C(=O)c1ccc(Cl)nn1. The molecule has 0 aliphatic rings. The molecule has 98 valence electrons. The molecular formula is C11H14ClN3O3. The van der Waals surface area contributed by atoms with Crippen molar-refractivity contribution in [3.63, 3.8) is 0 Å². The Morgan fingerprint density at radius 2 is 2.06 bits per heavy atom. The average molecular weight is 272 g/mol. The maximum atomic E-state index is 12.0. The van der Waals surface area contributed by atoms with Gasteiger partial charge in [0.2, 0.25) is 0 Å². The predicted molar refractivity (Wildman–Crippen MR) is 65.4 cm³/mol. The highest BCUT2D eigenvalue weighted by atomic mass is 35.5. The molecule has 0 bridgehead atoms. The summed E-state index contributed by atoms with van der Waals surface area (Å²) in [5, 5.41) is 16.2. The smallest absolute Gasteiger partial charge is 0.323 e. The first-order chi connectivity index (χ1) is 8.40. The lowest BCUT2D eigenvalue weighted by Gasteiger charge is -2.21. The number of amides is 1. The van der Waals surface area contributed by atoms with Crippen LogP contribution in [0.4, 0.5) is 0 Å². The van der Waals surface area contributed by atoms with Gasteiger partial charge < -0.3 is 10.0 Å². The van der Waals surface area contributed by atoms with Crippen molar-refractivity contribution in [2.45, 2.75) is 13.8 Å². The van der Waals surface area contributed by atoms with Crippen molar-refractivity contribution in [2.75, 3.05) is 13.1 Å². The Bertz CT molecular complexity index is 434. The largest absolute Gasteiger partial charge is 0.480 e. The topological polar surface area (TPSA) is 83.4 Å². The molecule has 1 N–H and O–H groups in total. The summed E-state index contributed by atoms with van der Waals surface area (Å²) in [6, 6.07) is 2.86. The van der Waals surface area contributed by atoms with Crippen LogP contribution < -0.4 is 0 Å². The molecule has 0 unspecified atom stereocenters. The van der Waals surface area contributed by atoms with Gasteiger partial charge >= 0.3 is 5.97 Å². The van der Waals surface area contributed by atoms with Gasteiger partial charge in [0.05, 0.1) is 0 Å². The molecule has 0 aliphatic heterocycles. The number of carbonyl (C=O) groups is 2. The fourth-order valence-corrected chi connectivity index (χ4v) is 1.52. The highest BCUT2D eigenvalue weighted by Crippen LogP contribution is 2.07. The molecule has 0 saturated carbocycles. The van der Waals surface area contributed by atoms with E-state index in [0.717, 1.165) is 0 Å². The van der Waals surface area contributed by atoms with E-state index in [-0.39, 0.29) is 23.3 Å². The zero-order valence-electron chi connectivity index (χ0n) is 10.1. The van der Waals surface area contributed by atoms with Crippen LogP contribution in [0, 0.1) is 5.92 Å². The zero-order chi connectivity index (χ0) is 13.7. The Labute approximate surface area is 110 Å². The van der Waals surface area contributed by atoms with Crippen LogP contribution in [0.5, 0.6) is 0 Å². The third-order valence-electron chi connectivity index (χ3n) is 2.05. The van der Waals surface area contributed by atoms with Crippen molar-refractivity contribution < 1.29 is 14.7 Å². The second-order valence-corrected chi connectivity index (χ2v) is 4.60. The molecule has 0 radical (unpaired) electrons. The van der Waals surface area contributed by atoms with Gasteiger partial charge in [-0.1, -0.05) is 25.4 Å². The molecule has 1 aromatic heterocycles. The molecule has 1 aromatic rings. The third kappa shape index (κ3) is 4.29. The minimum atomic E-state index is -1.06. The molecule has 0 atom stereocenters. The van der Waals surface area contributed by atoms with Gasteiger partial charge in [-0.05, 0) is 18.1 Å². The Morgan fingerprint density at radius 3 is 2.50 bits per heavy atom. The van der Waals surface area contributed by atoms with Crippen molar-refractivity contribution in [3.05, 3.63) is 23.0 Å². The minimum Gasteiger partial charge on any atom is -0.480 e. The molecule has 18 heavy (non-hydrogen) atoms. The summed E-state index contributed by atoms with van der Waals surface area (Å²) in [6.45, 7) is 3.78. The second kappa shape index (κ2) is 6.30. The van der Waals surface area contributed by atoms with Gasteiger partial charge in [-0.3, -0.25) is 9.59 Å². The summed E-state index contributed by atoms with van der Waals surface area (Å²) < 4.78 is 0. The van der Waals surface area contributed by atoms with Gasteiger partial charge in [-0.25, -0.2) is 0 Å². The van der Waals surface area contributed by atoms with Crippen LogP contribution in [0.2, 0.25) is 5.15 Å². The number of carboxylic acids is 1. The normalized spacial score (nSPS) is 10.4. The molecule has 0 fully saturated rings. The number of carbonyl (C=O) groups excluding carboxylic acids is 1. The van der Waals surface area contributed by atoms with E-state index in [2.05, 4.69) is 10.2 Å². The summed E-state index contributed by atoms with van der Waals surface area (Å²) in [7, 11) is 0. The van der Waals surface area contributed by atoms with E-state index < -0.39 is 11.9 Å². The van der Waals surface area contributed by atoms with Crippen molar-refractivity contribution in [2.24, 2.45) is 5.92 Å². The lowest BCUT2D eigenvalue weighted by Crippen LogP contribution is -2.38. The summed E-state index contributed by atoms with van der Waals surface area (Å²) >= 11 is 5.57. The number of halogens is 1. The van der Waals surface area contributed by atoms with Gasteiger partial charge in [-0.15, -0.1) is 10.2 Å². The lowest BCUT2D eigenvalue weighted by molar-refractivity contribution is -0.137. The molecule has 7 heteroatoms. The van der Waals surface area contributed by atoms with Gasteiger partial charge in [0.25, 0.3) is 5.91 Å². The van der Waals surface area contributed by atoms with E-state index in [1.54, 1.807) is 0 Å². The van der Waals surface area contributed by atoms with Crippen LogP contribution in [-0.2, 0) is 4.79 Å². The van der Waals surface area contributed by atoms with Gasteiger partial charge in [0.15, 0.2) is 10.8 Å². The standard InChI is InChI=1S/C11H14ClN3O3/c1-7(2)5-15(6-10(16)17)11(18)8-3-4-9(12)14-13-8/h3-4,7H,5-6H2,1-2H3,(H,16,17). The summed E-state index contributed by atoms with van der Waals surface area (Å²) in [6.07, 6.45) is 0.